The van der Waals surface area contributed by atoms with Crippen molar-refractivity contribution in [2.24, 2.45) is 0 Å². The van der Waals surface area contributed by atoms with E-state index in [-0.39, 0.29) is 0 Å². The molecule has 0 aliphatic carbocycles. The van der Waals surface area contributed by atoms with Gasteiger partial charge >= 0.3 is 0 Å². The van der Waals surface area contributed by atoms with Crippen LogP contribution in [0.25, 0.3) is 27.5 Å². The van der Waals surface area contributed by atoms with Gasteiger partial charge in [0.25, 0.3) is 0 Å². The molecule has 0 saturated heterocycles. The van der Waals surface area contributed by atoms with E-state index in [4.69, 9.17) is 5.73 Å². The summed E-state index contributed by atoms with van der Waals surface area (Å²) >= 11 is 3.50. The first-order valence-corrected chi connectivity index (χ1v) is 7.42. The molecule has 0 atom stereocenters. The summed E-state index contributed by atoms with van der Waals surface area (Å²) in [6, 6.07) is 18.5. The number of nitrogens with two attached hydrogens (primary N) is 1. The summed E-state index contributed by atoms with van der Waals surface area (Å²) in [4.78, 5) is 4.43. The number of nitrogen functional groups attached to an aromatic ring is 1. The molecular weight excluding hydrogens is 326 g/mol. The number of imidazole rings is 1. The van der Waals surface area contributed by atoms with E-state index in [1.54, 1.807) is 0 Å². The second kappa shape index (κ2) is 4.60. The molecule has 0 radical (unpaired) electrons. The van der Waals surface area contributed by atoms with Crippen LogP contribution >= 0.6 is 15.9 Å². The lowest BCUT2D eigenvalue weighted by atomic mass is 10.1. The van der Waals surface area contributed by atoms with Crippen molar-refractivity contribution in [3.63, 3.8) is 0 Å². The highest BCUT2D eigenvalue weighted by Crippen LogP contribution is 2.25. The minimum absolute atomic E-state index is 0.733. The smallest absolute Gasteiger partial charge is 0.100 e. The van der Waals surface area contributed by atoms with E-state index < -0.39 is 0 Å². The number of benzene rings is 3. The first-order chi connectivity index (χ1) is 10.2. The maximum Gasteiger partial charge on any atom is 0.100 e. The van der Waals surface area contributed by atoms with Crippen LogP contribution < -0.4 is 5.73 Å². The van der Waals surface area contributed by atoms with Gasteiger partial charge in [-0.2, -0.15) is 0 Å². The van der Waals surface area contributed by atoms with Crippen LogP contribution in [0.3, 0.4) is 0 Å². The predicted molar refractivity (Wildman–Crippen MR) is 90.7 cm³/mol. The van der Waals surface area contributed by atoms with Crippen molar-refractivity contribution in [3.8, 4) is 5.69 Å². The van der Waals surface area contributed by atoms with Crippen LogP contribution in [0.2, 0.25) is 0 Å². The quantitative estimate of drug-likeness (QED) is 0.519. The highest BCUT2D eigenvalue weighted by Gasteiger charge is 2.05. The van der Waals surface area contributed by atoms with Crippen LogP contribution in [0.15, 0.2) is 65.4 Å². The summed E-state index contributed by atoms with van der Waals surface area (Å²) in [5, 5.41) is 2.41. The number of fused-ring (bicyclic) bond motifs is 2. The third-order valence-electron chi connectivity index (χ3n) is 3.64. The van der Waals surface area contributed by atoms with Crippen LogP contribution in [0.5, 0.6) is 0 Å². The van der Waals surface area contributed by atoms with Crippen molar-refractivity contribution in [3.05, 3.63) is 65.4 Å². The topological polar surface area (TPSA) is 43.8 Å². The average Bonchev–Trinajstić information content (AvgIpc) is 2.89. The molecule has 0 spiro atoms. The van der Waals surface area contributed by atoms with Gasteiger partial charge in [0, 0.05) is 15.8 Å². The summed E-state index contributed by atoms with van der Waals surface area (Å²) in [5.74, 6) is 0. The Hall–Kier alpha value is -2.33. The van der Waals surface area contributed by atoms with Gasteiger partial charge in [0.2, 0.25) is 0 Å². The lowest BCUT2D eigenvalue weighted by Crippen LogP contribution is -1.92. The van der Waals surface area contributed by atoms with Gasteiger partial charge in [-0.15, -0.1) is 0 Å². The lowest BCUT2D eigenvalue weighted by molar-refractivity contribution is 1.10. The lowest BCUT2D eigenvalue weighted by Gasteiger charge is -2.07. The van der Waals surface area contributed by atoms with Crippen LogP contribution in [0.1, 0.15) is 0 Å². The summed E-state index contributed by atoms with van der Waals surface area (Å²) in [6.45, 7) is 0. The molecule has 2 N–H and O–H groups in total. The Morgan fingerprint density at radius 1 is 0.905 bits per heavy atom. The van der Waals surface area contributed by atoms with E-state index in [0.717, 1.165) is 26.9 Å². The van der Waals surface area contributed by atoms with Crippen molar-refractivity contribution in [2.45, 2.75) is 0 Å². The zero-order valence-corrected chi connectivity index (χ0v) is 12.7. The van der Waals surface area contributed by atoms with Crippen LogP contribution in [-0.4, -0.2) is 9.55 Å². The fraction of sp³-hybridized carbons (Fsp3) is 0. The molecule has 4 heteroatoms. The largest absolute Gasteiger partial charge is 0.399 e. The summed E-state index contributed by atoms with van der Waals surface area (Å²) < 4.78 is 3.17. The number of hydrogen-bond donors (Lipinski definition) is 1. The predicted octanol–water partition coefficient (Wildman–Crippen LogP) is 4.52. The van der Waals surface area contributed by atoms with E-state index in [1.807, 2.05) is 24.5 Å². The summed E-state index contributed by atoms with van der Waals surface area (Å²) in [5.41, 5.74) is 9.60. The number of anilines is 1. The van der Waals surface area contributed by atoms with Gasteiger partial charge in [0.05, 0.1) is 11.0 Å². The fourth-order valence-corrected chi connectivity index (χ4v) is 2.97. The molecule has 1 aromatic heterocycles. The number of halogens is 1. The van der Waals surface area contributed by atoms with Gasteiger partial charge in [0.15, 0.2) is 0 Å². The van der Waals surface area contributed by atoms with Crippen LogP contribution in [0, 0.1) is 0 Å². The van der Waals surface area contributed by atoms with Gasteiger partial charge in [-0.1, -0.05) is 28.1 Å². The van der Waals surface area contributed by atoms with Crippen molar-refractivity contribution in [1.82, 2.24) is 9.55 Å². The normalized spacial score (nSPS) is 11.3. The highest BCUT2D eigenvalue weighted by atomic mass is 79.9. The fourth-order valence-electron chi connectivity index (χ4n) is 2.59. The van der Waals surface area contributed by atoms with Crippen molar-refractivity contribution < 1.29 is 0 Å². The minimum Gasteiger partial charge on any atom is -0.399 e. The van der Waals surface area contributed by atoms with Crippen LogP contribution in [-0.2, 0) is 0 Å². The second-order valence-corrected chi connectivity index (χ2v) is 5.95. The molecule has 0 amide bonds. The molecular formula is C17H12BrN3. The Morgan fingerprint density at radius 3 is 2.62 bits per heavy atom. The van der Waals surface area contributed by atoms with Gasteiger partial charge < -0.3 is 5.73 Å². The second-order valence-electron chi connectivity index (χ2n) is 5.04. The molecule has 1 heterocycles. The number of aromatic nitrogens is 2. The first kappa shape index (κ1) is 12.4. The Kier molecular flexibility index (Phi) is 2.72. The molecule has 0 aliphatic heterocycles. The van der Waals surface area contributed by atoms with Crippen molar-refractivity contribution in [2.75, 3.05) is 5.73 Å². The Morgan fingerprint density at radius 2 is 1.71 bits per heavy atom. The maximum absolute atomic E-state index is 5.81. The molecule has 0 unspecified atom stereocenters. The van der Waals surface area contributed by atoms with Crippen molar-refractivity contribution in [1.29, 1.82) is 0 Å². The third-order valence-corrected chi connectivity index (χ3v) is 4.13. The molecule has 0 aliphatic rings. The average molecular weight is 338 g/mol. The SMILES string of the molecule is Nc1ccc2c(c1)ncn2-c1ccc2cc(Br)ccc2c1. The molecule has 4 rings (SSSR count). The Bertz CT molecular complexity index is 972. The molecule has 3 nitrogen and oxygen atoms in total. The molecule has 4 aromatic rings. The standard InChI is InChI=1S/C17H12BrN3/c18-13-3-1-12-8-15(5-2-11(12)7-13)21-10-20-16-9-14(19)4-6-17(16)21/h1-10H,19H2. The Balaban J connectivity index is 1.93. The molecule has 0 bridgehead atoms. The highest BCUT2D eigenvalue weighted by molar-refractivity contribution is 9.10. The van der Waals surface area contributed by atoms with E-state index >= 15 is 0 Å². The molecule has 21 heavy (non-hydrogen) atoms. The Labute approximate surface area is 130 Å². The number of nitrogens with zero attached hydrogens (tertiary/aromatic N) is 2. The maximum atomic E-state index is 5.81. The summed E-state index contributed by atoms with van der Waals surface area (Å²) in [6.07, 6.45) is 1.84. The molecule has 3 aromatic carbocycles. The van der Waals surface area contributed by atoms with E-state index in [9.17, 15) is 0 Å². The van der Waals surface area contributed by atoms with Crippen molar-refractivity contribution >= 4 is 43.4 Å². The minimum atomic E-state index is 0.733. The monoisotopic (exact) mass is 337 g/mol. The summed E-state index contributed by atoms with van der Waals surface area (Å²) in [7, 11) is 0. The zero-order chi connectivity index (χ0) is 14.4. The van der Waals surface area contributed by atoms with Gasteiger partial charge in [-0.3, -0.25) is 4.57 Å². The zero-order valence-electron chi connectivity index (χ0n) is 11.1. The molecule has 0 fully saturated rings. The molecule has 0 saturated carbocycles. The van der Waals surface area contributed by atoms with Crippen LogP contribution in [0.4, 0.5) is 5.69 Å². The van der Waals surface area contributed by atoms with E-state index in [1.165, 1.54) is 10.8 Å². The van der Waals surface area contributed by atoms with Gasteiger partial charge in [-0.05, 0) is 53.2 Å². The van der Waals surface area contributed by atoms with Gasteiger partial charge in [0.1, 0.15) is 6.33 Å². The first-order valence-electron chi connectivity index (χ1n) is 6.63. The third kappa shape index (κ3) is 2.08. The number of hydrogen-bond acceptors (Lipinski definition) is 2. The molecule has 102 valence electrons. The van der Waals surface area contributed by atoms with E-state index in [0.29, 0.717) is 0 Å². The van der Waals surface area contributed by atoms with Gasteiger partial charge in [-0.25, -0.2) is 4.98 Å². The number of rotatable bonds is 1. The van der Waals surface area contributed by atoms with E-state index in [2.05, 4.69) is 61.9 Å².